The van der Waals surface area contributed by atoms with Crippen LogP contribution in [0.4, 0.5) is 0 Å². The topological polar surface area (TPSA) is 73.6 Å². The molecule has 1 saturated heterocycles. The summed E-state index contributed by atoms with van der Waals surface area (Å²) in [6, 6.07) is 3.33. The first-order chi connectivity index (χ1) is 10.1. The van der Waals surface area contributed by atoms with Crippen molar-refractivity contribution in [1.29, 1.82) is 0 Å². The van der Waals surface area contributed by atoms with Crippen molar-refractivity contribution in [3.8, 4) is 5.75 Å². The molecule has 1 aromatic carbocycles. The Bertz CT molecular complexity index is 505. The number of nitrogens with two attached hydrogens (primary N) is 1. The molecule has 2 rings (SSSR count). The van der Waals surface area contributed by atoms with E-state index in [1.807, 2.05) is 0 Å². The lowest BCUT2D eigenvalue weighted by atomic mass is 10.2. The van der Waals surface area contributed by atoms with E-state index in [0.717, 1.165) is 31.6 Å². The van der Waals surface area contributed by atoms with Gasteiger partial charge in [0.05, 0.1) is 11.1 Å². The van der Waals surface area contributed by atoms with Crippen LogP contribution in [0.2, 0.25) is 10.0 Å². The van der Waals surface area contributed by atoms with Gasteiger partial charge in [-0.15, -0.1) is 0 Å². The number of hydrogen-bond donors (Lipinski definition) is 2. The normalized spacial score (nSPS) is 17.9. The standard InChI is InChI=1S/C14H18Cl2N2O3/c15-10-4-9(6-18-7-11-2-1-3-20-11)14(12(16)5-10)21-8-13(17)19/h4-5,11,18H,1-3,6-8H2,(H2,17,19). The fourth-order valence-corrected chi connectivity index (χ4v) is 2.81. The minimum atomic E-state index is -0.556. The van der Waals surface area contributed by atoms with Crippen LogP contribution in [0.5, 0.6) is 5.75 Å². The first-order valence-corrected chi connectivity index (χ1v) is 7.53. The number of ether oxygens (including phenoxy) is 2. The summed E-state index contributed by atoms with van der Waals surface area (Å²) in [5.74, 6) is -0.126. The van der Waals surface area contributed by atoms with Crippen LogP contribution < -0.4 is 15.8 Å². The first-order valence-electron chi connectivity index (χ1n) is 6.77. The van der Waals surface area contributed by atoms with Gasteiger partial charge in [-0.1, -0.05) is 23.2 Å². The lowest BCUT2D eigenvalue weighted by molar-refractivity contribution is -0.119. The molecule has 1 amide bonds. The van der Waals surface area contributed by atoms with Crippen molar-refractivity contribution in [2.24, 2.45) is 5.73 Å². The monoisotopic (exact) mass is 332 g/mol. The highest BCUT2D eigenvalue weighted by atomic mass is 35.5. The molecule has 0 bridgehead atoms. The zero-order chi connectivity index (χ0) is 15.2. The molecule has 0 aromatic heterocycles. The molecular weight excluding hydrogens is 315 g/mol. The van der Waals surface area contributed by atoms with Gasteiger partial charge in [0.25, 0.3) is 5.91 Å². The molecule has 1 heterocycles. The number of primary amides is 1. The highest BCUT2D eigenvalue weighted by Gasteiger charge is 2.16. The van der Waals surface area contributed by atoms with Gasteiger partial charge in [0, 0.05) is 30.3 Å². The second kappa shape index (κ2) is 7.84. The smallest absolute Gasteiger partial charge is 0.255 e. The average molecular weight is 333 g/mol. The Kier molecular flexibility index (Phi) is 6.11. The summed E-state index contributed by atoms with van der Waals surface area (Å²) < 4.78 is 10.9. The van der Waals surface area contributed by atoms with Crippen LogP contribution in [0.1, 0.15) is 18.4 Å². The highest BCUT2D eigenvalue weighted by molar-refractivity contribution is 6.35. The molecule has 1 aromatic rings. The number of benzene rings is 1. The molecule has 1 aliphatic heterocycles. The van der Waals surface area contributed by atoms with E-state index >= 15 is 0 Å². The van der Waals surface area contributed by atoms with Gasteiger partial charge in [0.15, 0.2) is 6.61 Å². The van der Waals surface area contributed by atoms with Gasteiger partial charge >= 0.3 is 0 Å². The van der Waals surface area contributed by atoms with Crippen LogP contribution in [0.25, 0.3) is 0 Å². The Labute approximate surface area is 133 Å². The Morgan fingerprint density at radius 1 is 1.48 bits per heavy atom. The highest BCUT2D eigenvalue weighted by Crippen LogP contribution is 2.32. The number of hydrogen-bond acceptors (Lipinski definition) is 4. The average Bonchev–Trinajstić information content (AvgIpc) is 2.90. The Morgan fingerprint density at radius 3 is 2.95 bits per heavy atom. The predicted octanol–water partition coefficient (Wildman–Crippen LogP) is 2.13. The van der Waals surface area contributed by atoms with Crippen molar-refractivity contribution in [2.45, 2.75) is 25.5 Å². The summed E-state index contributed by atoms with van der Waals surface area (Å²) in [6.07, 6.45) is 2.41. The zero-order valence-electron chi connectivity index (χ0n) is 11.5. The fourth-order valence-electron chi connectivity index (χ4n) is 2.22. The maximum absolute atomic E-state index is 10.8. The van der Waals surface area contributed by atoms with E-state index in [1.165, 1.54) is 0 Å². The molecule has 1 aliphatic rings. The van der Waals surface area contributed by atoms with Crippen molar-refractivity contribution in [3.63, 3.8) is 0 Å². The molecule has 21 heavy (non-hydrogen) atoms. The third-order valence-electron chi connectivity index (χ3n) is 3.16. The van der Waals surface area contributed by atoms with Crippen molar-refractivity contribution >= 4 is 29.1 Å². The second-order valence-corrected chi connectivity index (χ2v) is 5.74. The van der Waals surface area contributed by atoms with Gasteiger partial charge in [0.1, 0.15) is 5.75 Å². The Morgan fingerprint density at radius 2 is 2.29 bits per heavy atom. The van der Waals surface area contributed by atoms with Crippen LogP contribution in [-0.4, -0.2) is 31.8 Å². The minimum Gasteiger partial charge on any atom is -0.482 e. The van der Waals surface area contributed by atoms with E-state index < -0.39 is 5.91 Å². The number of carbonyl (C=O) groups excluding carboxylic acids is 1. The van der Waals surface area contributed by atoms with Crippen LogP contribution in [0.15, 0.2) is 12.1 Å². The zero-order valence-corrected chi connectivity index (χ0v) is 13.0. The van der Waals surface area contributed by atoms with E-state index in [1.54, 1.807) is 12.1 Å². The van der Waals surface area contributed by atoms with Crippen molar-refractivity contribution in [2.75, 3.05) is 19.8 Å². The summed E-state index contributed by atoms with van der Waals surface area (Å²) in [7, 11) is 0. The molecule has 0 radical (unpaired) electrons. The van der Waals surface area contributed by atoms with E-state index in [0.29, 0.717) is 22.3 Å². The van der Waals surface area contributed by atoms with E-state index in [-0.39, 0.29) is 12.7 Å². The number of rotatable bonds is 7. The van der Waals surface area contributed by atoms with Crippen LogP contribution in [0.3, 0.4) is 0 Å². The SMILES string of the molecule is NC(=O)COc1c(Cl)cc(Cl)cc1CNCC1CCCO1. The van der Waals surface area contributed by atoms with Crippen molar-refractivity contribution in [1.82, 2.24) is 5.32 Å². The van der Waals surface area contributed by atoms with Gasteiger partial charge in [0.2, 0.25) is 0 Å². The predicted molar refractivity (Wildman–Crippen MR) is 81.8 cm³/mol. The van der Waals surface area contributed by atoms with E-state index in [4.69, 9.17) is 38.4 Å². The van der Waals surface area contributed by atoms with Crippen molar-refractivity contribution < 1.29 is 14.3 Å². The lowest BCUT2D eigenvalue weighted by Crippen LogP contribution is -2.26. The molecule has 0 saturated carbocycles. The molecular formula is C14H18Cl2N2O3. The van der Waals surface area contributed by atoms with Gasteiger partial charge in [-0.05, 0) is 25.0 Å². The van der Waals surface area contributed by atoms with E-state index in [9.17, 15) is 4.79 Å². The fraction of sp³-hybridized carbons (Fsp3) is 0.500. The largest absolute Gasteiger partial charge is 0.482 e. The summed E-state index contributed by atoms with van der Waals surface area (Å²) in [5, 5.41) is 4.16. The Balaban J connectivity index is 1.99. The number of carbonyl (C=O) groups is 1. The second-order valence-electron chi connectivity index (χ2n) is 4.90. The van der Waals surface area contributed by atoms with Gasteiger partial charge < -0.3 is 20.5 Å². The summed E-state index contributed by atoms with van der Waals surface area (Å²) >= 11 is 12.1. The molecule has 7 heteroatoms. The van der Waals surface area contributed by atoms with Crippen LogP contribution in [0, 0.1) is 0 Å². The van der Waals surface area contributed by atoms with Crippen LogP contribution >= 0.6 is 23.2 Å². The van der Waals surface area contributed by atoms with Crippen molar-refractivity contribution in [3.05, 3.63) is 27.7 Å². The number of amides is 1. The summed E-state index contributed by atoms with van der Waals surface area (Å²) in [5.41, 5.74) is 5.87. The van der Waals surface area contributed by atoms with E-state index in [2.05, 4.69) is 5.32 Å². The third kappa shape index (κ3) is 5.04. The minimum absolute atomic E-state index is 0.222. The maximum atomic E-state index is 10.8. The maximum Gasteiger partial charge on any atom is 0.255 e. The van der Waals surface area contributed by atoms with Gasteiger partial charge in [-0.25, -0.2) is 0 Å². The molecule has 0 aliphatic carbocycles. The number of nitrogens with one attached hydrogen (secondary N) is 1. The molecule has 0 spiro atoms. The molecule has 116 valence electrons. The quantitative estimate of drug-likeness (QED) is 0.802. The molecule has 1 unspecified atom stereocenters. The molecule has 5 nitrogen and oxygen atoms in total. The lowest BCUT2D eigenvalue weighted by Gasteiger charge is -2.15. The first kappa shape index (κ1) is 16.4. The van der Waals surface area contributed by atoms with Gasteiger partial charge in [-0.3, -0.25) is 4.79 Å². The summed E-state index contributed by atoms with van der Waals surface area (Å²) in [6.45, 7) is 1.87. The number of halogens is 2. The summed E-state index contributed by atoms with van der Waals surface area (Å²) in [4.78, 5) is 10.8. The molecule has 3 N–H and O–H groups in total. The van der Waals surface area contributed by atoms with Gasteiger partial charge in [-0.2, -0.15) is 0 Å². The Hall–Kier alpha value is -1.01. The molecule has 1 fully saturated rings. The van der Waals surface area contributed by atoms with Crippen LogP contribution in [-0.2, 0) is 16.1 Å². The molecule has 1 atom stereocenters. The third-order valence-corrected chi connectivity index (χ3v) is 3.65.